The fraction of sp³-hybridized carbons (Fsp3) is 0.143. The van der Waals surface area contributed by atoms with Crippen LogP contribution in [-0.2, 0) is 10.0 Å². The van der Waals surface area contributed by atoms with Crippen molar-refractivity contribution in [1.82, 2.24) is 4.31 Å². The van der Waals surface area contributed by atoms with Gasteiger partial charge in [-0.3, -0.25) is 10.1 Å². The topological polar surface area (TPSA) is 80.3 Å². The normalized spacial score (nSPS) is 20.6. The Bertz CT molecular complexity index is 836. The Hall–Kier alpha value is -2.32. The van der Waals surface area contributed by atoms with Crippen molar-refractivity contribution in [2.45, 2.75) is 10.9 Å². The fourth-order valence-corrected chi connectivity index (χ4v) is 3.79. The Balaban J connectivity index is 1.84. The van der Waals surface area contributed by atoms with E-state index in [9.17, 15) is 22.9 Å². The molecule has 0 spiro atoms. The van der Waals surface area contributed by atoms with Gasteiger partial charge in [0.1, 0.15) is 5.82 Å². The minimum absolute atomic E-state index is 0.0167. The SMILES string of the molecule is O=[N+]([O-])c1ccc(S(=O)(=O)N2C[C@@H]2c2cccc(F)c2)cc1. The van der Waals surface area contributed by atoms with Crippen molar-refractivity contribution in [1.29, 1.82) is 0 Å². The van der Waals surface area contributed by atoms with Gasteiger partial charge in [-0.25, -0.2) is 12.8 Å². The molecule has 0 amide bonds. The van der Waals surface area contributed by atoms with Crippen LogP contribution in [-0.4, -0.2) is 24.2 Å². The number of non-ortho nitro benzene ring substituents is 1. The van der Waals surface area contributed by atoms with Crippen molar-refractivity contribution < 1.29 is 17.7 Å². The first-order chi connectivity index (χ1) is 10.4. The van der Waals surface area contributed by atoms with Gasteiger partial charge >= 0.3 is 0 Å². The lowest BCUT2D eigenvalue weighted by Crippen LogP contribution is -2.12. The highest BCUT2D eigenvalue weighted by Gasteiger charge is 2.45. The number of hydrogen-bond donors (Lipinski definition) is 0. The van der Waals surface area contributed by atoms with Crippen LogP contribution in [0.3, 0.4) is 0 Å². The monoisotopic (exact) mass is 322 g/mol. The second-order valence-electron chi connectivity index (χ2n) is 4.90. The van der Waals surface area contributed by atoms with Crippen LogP contribution in [0.1, 0.15) is 11.6 Å². The van der Waals surface area contributed by atoms with Gasteiger partial charge in [-0.15, -0.1) is 0 Å². The van der Waals surface area contributed by atoms with Crippen molar-refractivity contribution in [2.24, 2.45) is 0 Å². The molecular formula is C14H11FN2O4S. The predicted octanol–water partition coefficient (Wildman–Crippen LogP) is 2.48. The first-order valence-corrected chi connectivity index (χ1v) is 7.85. The molecule has 8 heteroatoms. The second kappa shape index (κ2) is 5.15. The molecule has 0 N–H and O–H groups in total. The molecule has 114 valence electrons. The maximum Gasteiger partial charge on any atom is 0.269 e. The number of nitro benzene ring substituents is 1. The van der Waals surface area contributed by atoms with Crippen LogP contribution in [0.25, 0.3) is 0 Å². The van der Waals surface area contributed by atoms with Gasteiger partial charge < -0.3 is 0 Å². The number of rotatable bonds is 4. The summed E-state index contributed by atoms with van der Waals surface area (Å²) in [6, 6.07) is 10.1. The van der Waals surface area contributed by atoms with Crippen LogP contribution in [0.5, 0.6) is 0 Å². The van der Waals surface area contributed by atoms with Crippen molar-refractivity contribution in [2.75, 3.05) is 6.54 Å². The third kappa shape index (κ3) is 2.58. The fourth-order valence-electron chi connectivity index (χ4n) is 2.25. The Kier molecular flexibility index (Phi) is 3.42. The average Bonchev–Trinajstić information content (AvgIpc) is 3.28. The third-order valence-electron chi connectivity index (χ3n) is 3.45. The summed E-state index contributed by atoms with van der Waals surface area (Å²) in [5.74, 6) is -0.419. The molecule has 3 rings (SSSR count). The van der Waals surface area contributed by atoms with Gasteiger partial charge in [-0.05, 0) is 29.8 Å². The lowest BCUT2D eigenvalue weighted by molar-refractivity contribution is -0.384. The molecule has 22 heavy (non-hydrogen) atoms. The molecule has 1 aliphatic rings. The van der Waals surface area contributed by atoms with Gasteiger partial charge in [0.05, 0.1) is 15.9 Å². The minimum atomic E-state index is -3.73. The lowest BCUT2D eigenvalue weighted by Gasteiger charge is -2.06. The van der Waals surface area contributed by atoms with E-state index in [0.29, 0.717) is 5.56 Å². The van der Waals surface area contributed by atoms with E-state index in [1.165, 1.54) is 34.6 Å². The number of sulfonamides is 1. The Morgan fingerprint density at radius 1 is 1.18 bits per heavy atom. The molecule has 0 radical (unpaired) electrons. The van der Waals surface area contributed by atoms with E-state index >= 15 is 0 Å². The highest BCUT2D eigenvalue weighted by atomic mass is 32.2. The molecule has 0 bridgehead atoms. The molecule has 1 aliphatic heterocycles. The molecule has 1 heterocycles. The summed E-state index contributed by atoms with van der Waals surface area (Å²) >= 11 is 0. The molecule has 0 aromatic heterocycles. The average molecular weight is 322 g/mol. The van der Waals surface area contributed by atoms with E-state index in [0.717, 1.165) is 12.1 Å². The summed E-state index contributed by atoms with van der Waals surface area (Å²) < 4.78 is 39.2. The first-order valence-electron chi connectivity index (χ1n) is 6.41. The Morgan fingerprint density at radius 3 is 2.45 bits per heavy atom. The quantitative estimate of drug-likeness (QED) is 0.492. The van der Waals surface area contributed by atoms with Crippen LogP contribution in [0.15, 0.2) is 53.4 Å². The molecule has 0 aliphatic carbocycles. The van der Waals surface area contributed by atoms with Gasteiger partial charge in [0, 0.05) is 18.7 Å². The van der Waals surface area contributed by atoms with E-state index in [4.69, 9.17) is 0 Å². The number of nitrogens with zero attached hydrogens (tertiary/aromatic N) is 2. The van der Waals surface area contributed by atoms with E-state index in [-0.39, 0.29) is 17.1 Å². The summed E-state index contributed by atoms with van der Waals surface area (Å²) in [5, 5.41) is 10.6. The highest BCUT2D eigenvalue weighted by molar-refractivity contribution is 7.89. The summed E-state index contributed by atoms with van der Waals surface area (Å²) in [6.07, 6.45) is 0. The third-order valence-corrected chi connectivity index (χ3v) is 5.34. The number of hydrogen-bond acceptors (Lipinski definition) is 4. The van der Waals surface area contributed by atoms with E-state index in [1.807, 2.05) is 0 Å². The van der Waals surface area contributed by atoms with Gasteiger partial charge in [-0.2, -0.15) is 4.31 Å². The highest BCUT2D eigenvalue weighted by Crippen LogP contribution is 2.40. The molecule has 1 unspecified atom stereocenters. The van der Waals surface area contributed by atoms with E-state index in [2.05, 4.69) is 0 Å². The Labute approximate surface area is 126 Å². The van der Waals surface area contributed by atoms with Crippen molar-refractivity contribution in [3.8, 4) is 0 Å². The maximum atomic E-state index is 13.2. The number of benzene rings is 2. The molecule has 1 fully saturated rings. The summed E-state index contributed by atoms with van der Waals surface area (Å²) in [5.41, 5.74) is 0.414. The van der Waals surface area contributed by atoms with E-state index in [1.54, 1.807) is 6.07 Å². The first kappa shape index (κ1) is 14.6. The molecule has 2 aromatic rings. The van der Waals surface area contributed by atoms with E-state index < -0.39 is 26.8 Å². The zero-order valence-electron chi connectivity index (χ0n) is 11.2. The van der Waals surface area contributed by atoms with Gasteiger partial charge in [0.2, 0.25) is 10.0 Å². The molecule has 6 nitrogen and oxygen atoms in total. The van der Waals surface area contributed by atoms with Crippen LogP contribution in [0.2, 0.25) is 0 Å². The molecular weight excluding hydrogens is 311 g/mol. The molecule has 2 aromatic carbocycles. The maximum absolute atomic E-state index is 13.2. The molecule has 2 atom stereocenters. The minimum Gasteiger partial charge on any atom is -0.258 e. The van der Waals surface area contributed by atoms with Crippen LogP contribution >= 0.6 is 0 Å². The number of halogens is 1. The largest absolute Gasteiger partial charge is 0.269 e. The van der Waals surface area contributed by atoms with Gasteiger partial charge in [-0.1, -0.05) is 12.1 Å². The predicted molar refractivity (Wildman–Crippen MR) is 76.1 cm³/mol. The smallest absolute Gasteiger partial charge is 0.258 e. The van der Waals surface area contributed by atoms with Crippen LogP contribution in [0.4, 0.5) is 10.1 Å². The summed E-state index contributed by atoms with van der Waals surface area (Å²) in [6.45, 7) is 0.267. The zero-order chi connectivity index (χ0) is 15.9. The van der Waals surface area contributed by atoms with Crippen molar-refractivity contribution in [3.05, 3.63) is 70.0 Å². The molecule has 1 saturated heterocycles. The lowest BCUT2D eigenvalue weighted by atomic mass is 10.2. The van der Waals surface area contributed by atoms with Gasteiger partial charge in [0.25, 0.3) is 5.69 Å². The zero-order valence-corrected chi connectivity index (χ0v) is 12.0. The van der Waals surface area contributed by atoms with Gasteiger partial charge in [0.15, 0.2) is 0 Å². The second-order valence-corrected chi connectivity index (χ2v) is 6.79. The van der Waals surface area contributed by atoms with Crippen LogP contribution in [0, 0.1) is 15.9 Å². The van der Waals surface area contributed by atoms with Crippen molar-refractivity contribution in [3.63, 3.8) is 0 Å². The summed E-state index contributed by atoms with van der Waals surface area (Å²) in [4.78, 5) is 9.98. The molecule has 0 saturated carbocycles. The van der Waals surface area contributed by atoms with Crippen molar-refractivity contribution >= 4 is 15.7 Å². The Morgan fingerprint density at radius 2 is 1.86 bits per heavy atom. The standard InChI is InChI=1S/C14H11FN2O4S/c15-11-3-1-2-10(8-11)14-9-16(14)22(20,21)13-6-4-12(5-7-13)17(18)19/h1-8,14H,9H2/t14-,16?/m1/s1. The van der Waals surface area contributed by atoms with Crippen LogP contribution < -0.4 is 0 Å². The summed E-state index contributed by atoms with van der Waals surface area (Å²) in [7, 11) is -3.73. The number of nitro groups is 1.